The number of aromatic nitrogens is 5. The van der Waals surface area contributed by atoms with Crippen molar-refractivity contribution >= 4 is 32.5 Å². The molecule has 0 radical (unpaired) electrons. The van der Waals surface area contributed by atoms with Crippen molar-refractivity contribution in [1.29, 1.82) is 0 Å². The number of hydrogen-bond donors (Lipinski definition) is 5. The Kier molecular flexibility index (Phi) is 4.50. The first-order chi connectivity index (χ1) is 15.4. The molecule has 1 aliphatic rings. The molecule has 1 unspecified atom stereocenters. The lowest BCUT2D eigenvalue weighted by atomic mass is 9.92. The van der Waals surface area contributed by atoms with Crippen molar-refractivity contribution in [3.05, 3.63) is 47.8 Å². The van der Waals surface area contributed by atoms with Crippen LogP contribution in [0.4, 0.5) is 0 Å². The van der Waals surface area contributed by atoms with Crippen LogP contribution in [0.5, 0.6) is 0 Å². The normalized spacial score (nSPS) is 17.2. The van der Waals surface area contributed by atoms with E-state index in [9.17, 15) is 5.11 Å². The van der Waals surface area contributed by atoms with Gasteiger partial charge >= 0.3 is 0 Å². The van der Waals surface area contributed by atoms with Crippen LogP contribution < -0.4 is 5.32 Å². The molecule has 5 heterocycles. The Bertz CT molecular complexity index is 1400. The number of H-pyrrole nitrogens is 3. The summed E-state index contributed by atoms with van der Waals surface area (Å²) in [5.74, 6) is 0. The van der Waals surface area contributed by atoms with Gasteiger partial charge in [-0.05, 0) is 62.6 Å². The van der Waals surface area contributed by atoms with E-state index in [1.807, 2.05) is 26.2 Å². The third kappa shape index (κ3) is 3.44. The summed E-state index contributed by atoms with van der Waals surface area (Å²) in [6, 6.07) is 9.19. The predicted molar refractivity (Wildman–Crippen MR) is 129 cm³/mol. The summed E-state index contributed by atoms with van der Waals surface area (Å²) in [7, 11) is 0. The van der Waals surface area contributed by atoms with Crippen LogP contribution in [-0.2, 0) is 6.42 Å². The fraction of sp³-hybridized carbons (Fsp3) is 0.333. The summed E-state index contributed by atoms with van der Waals surface area (Å²) in [4.78, 5) is 4.77. The first kappa shape index (κ1) is 19.7. The standard InChI is InChI=1S/C24H26N6OS/c1-24(2,31)10-14-6-13(17-4-3-5-25-17)7-18-16(14)8-19(28-18)22-23-20(29-30-22)9-21(32-23)15-11-26-27-12-15/h6-9,11-12,17,25,28,31H,3-5,10H2,1-2H3,(H,26,27)(H,29,30). The lowest BCUT2D eigenvalue weighted by molar-refractivity contribution is 0.0813. The number of nitrogens with zero attached hydrogens (tertiary/aromatic N) is 2. The Hall–Kier alpha value is -2.94. The SMILES string of the molecule is CC(C)(O)Cc1cc(C2CCCN2)cc2[nH]c(-c3n[nH]c4cc(-c5cn[nH]c5)sc34)cc12. The smallest absolute Gasteiger partial charge is 0.126 e. The maximum atomic E-state index is 10.6. The average molecular weight is 447 g/mol. The van der Waals surface area contributed by atoms with Gasteiger partial charge in [0.05, 0.1) is 27.7 Å². The number of benzene rings is 1. The monoisotopic (exact) mass is 446 g/mol. The third-order valence-electron chi connectivity index (χ3n) is 6.20. The summed E-state index contributed by atoms with van der Waals surface area (Å²) in [6.07, 6.45) is 6.68. The van der Waals surface area contributed by atoms with Gasteiger partial charge in [0, 0.05) is 40.0 Å². The molecule has 0 amide bonds. The average Bonchev–Trinajstić information content (AvgIpc) is 3.55. The zero-order chi connectivity index (χ0) is 21.9. The van der Waals surface area contributed by atoms with Gasteiger partial charge in [-0.1, -0.05) is 6.07 Å². The molecule has 5 aromatic rings. The lowest BCUT2D eigenvalue weighted by Crippen LogP contribution is -2.22. The van der Waals surface area contributed by atoms with Gasteiger partial charge in [0.2, 0.25) is 0 Å². The van der Waals surface area contributed by atoms with E-state index < -0.39 is 5.60 Å². The van der Waals surface area contributed by atoms with E-state index in [0.29, 0.717) is 12.5 Å². The number of thiophene rings is 1. The second-order valence-electron chi connectivity index (χ2n) is 9.38. The van der Waals surface area contributed by atoms with Crippen molar-refractivity contribution in [2.45, 2.75) is 44.8 Å². The molecule has 8 heteroatoms. The molecule has 1 saturated heterocycles. The quantitative estimate of drug-likeness (QED) is 0.265. The molecule has 7 nitrogen and oxygen atoms in total. The number of aliphatic hydroxyl groups is 1. The summed E-state index contributed by atoms with van der Waals surface area (Å²) >= 11 is 1.71. The van der Waals surface area contributed by atoms with E-state index in [2.05, 4.69) is 55.0 Å². The highest BCUT2D eigenvalue weighted by molar-refractivity contribution is 7.22. The van der Waals surface area contributed by atoms with Gasteiger partial charge in [0.1, 0.15) is 5.69 Å². The van der Waals surface area contributed by atoms with Crippen LogP contribution in [0.3, 0.4) is 0 Å². The summed E-state index contributed by atoms with van der Waals surface area (Å²) in [6.45, 7) is 4.79. The Labute approximate surface area is 189 Å². The lowest BCUT2D eigenvalue weighted by Gasteiger charge is -2.20. The maximum absolute atomic E-state index is 10.6. The maximum Gasteiger partial charge on any atom is 0.126 e. The molecule has 164 valence electrons. The van der Waals surface area contributed by atoms with Crippen molar-refractivity contribution in [2.75, 3.05) is 6.54 Å². The highest BCUT2D eigenvalue weighted by Gasteiger charge is 2.23. The minimum absolute atomic E-state index is 0.374. The second kappa shape index (κ2) is 7.30. The van der Waals surface area contributed by atoms with Crippen molar-refractivity contribution in [2.24, 2.45) is 0 Å². The minimum Gasteiger partial charge on any atom is -0.390 e. The van der Waals surface area contributed by atoms with Gasteiger partial charge in [-0.3, -0.25) is 10.2 Å². The number of rotatable bonds is 5. The first-order valence-electron chi connectivity index (χ1n) is 11.0. The largest absolute Gasteiger partial charge is 0.390 e. The zero-order valence-corrected chi connectivity index (χ0v) is 18.9. The summed E-state index contributed by atoms with van der Waals surface area (Å²) in [5.41, 5.74) is 6.76. The van der Waals surface area contributed by atoms with Gasteiger partial charge in [0.25, 0.3) is 0 Å². The van der Waals surface area contributed by atoms with Gasteiger partial charge in [-0.25, -0.2) is 0 Å². The molecular weight excluding hydrogens is 420 g/mol. The van der Waals surface area contributed by atoms with Crippen molar-refractivity contribution in [1.82, 2.24) is 30.7 Å². The molecule has 1 fully saturated rings. The van der Waals surface area contributed by atoms with Gasteiger partial charge in [-0.2, -0.15) is 10.2 Å². The second-order valence-corrected chi connectivity index (χ2v) is 10.4. The van der Waals surface area contributed by atoms with Crippen molar-refractivity contribution in [3.8, 4) is 21.8 Å². The van der Waals surface area contributed by atoms with Gasteiger partial charge in [-0.15, -0.1) is 11.3 Å². The van der Waals surface area contributed by atoms with Crippen LogP contribution in [0.15, 0.2) is 36.7 Å². The Morgan fingerprint density at radius 1 is 1.19 bits per heavy atom. The van der Waals surface area contributed by atoms with E-state index in [1.54, 1.807) is 11.3 Å². The Balaban J connectivity index is 1.48. The molecule has 5 N–H and O–H groups in total. The summed E-state index contributed by atoms with van der Waals surface area (Å²) < 4.78 is 1.12. The zero-order valence-electron chi connectivity index (χ0n) is 18.1. The Morgan fingerprint density at radius 2 is 2.09 bits per heavy atom. The van der Waals surface area contributed by atoms with Crippen LogP contribution in [0, 0.1) is 0 Å². The number of aromatic amines is 3. The molecular formula is C24H26N6OS. The molecule has 1 aromatic carbocycles. The highest BCUT2D eigenvalue weighted by Crippen LogP contribution is 2.39. The fourth-order valence-corrected chi connectivity index (χ4v) is 5.87. The van der Waals surface area contributed by atoms with Crippen LogP contribution in [0.25, 0.3) is 42.9 Å². The molecule has 0 saturated carbocycles. The van der Waals surface area contributed by atoms with Crippen molar-refractivity contribution in [3.63, 3.8) is 0 Å². The fourth-order valence-electron chi connectivity index (χ4n) is 4.77. The molecule has 4 aromatic heterocycles. The van der Waals surface area contributed by atoms with E-state index in [-0.39, 0.29) is 0 Å². The van der Waals surface area contributed by atoms with Crippen LogP contribution in [-0.4, -0.2) is 42.6 Å². The van der Waals surface area contributed by atoms with Crippen LogP contribution >= 0.6 is 11.3 Å². The van der Waals surface area contributed by atoms with Gasteiger partial charge in [0.15, 0.2) is 0 Å². The van der Waals surface area contributed by atoms with Gasteiger partial charge < -0.3 is 15.4 Å². The van der Waals surface area contributed by atoms with E-state index in [1.165, 1.54) is 17.5 Å². The summed E-state index contributed by atoms with van der Waals surface area (Å²) in [5, 5.41) is 30.1. The van der Waals surface area contributed by atoms with E-state index in [4.69, 9.17) is 0 Å². The molecule has 1 aliphatic heterocycles. The minimum atomic E-state index is -0.779. The molecule has 0 bridgehead atoms. The van der Waals surface area contributed by atoms with E-state index >= 15 is 0 Å². The highest BCUT2D eigenvalue weighted by atomic mass is 32.1. The van der Waals surface area contributed by atoms with Crippen LogP contribution in [0.2, 0.25) is 0 Å². The third-order valence-corrected chi connectivity index (χ3v) is 7.40. The molecule has 6 rings (SSSR count). The Morgan fingerprint density at radius 3 is 2.84 bits per heavy atom. The predicted octanol–water partition coefficient (Wildman–Crippen LogP) is 4.90. The number of hydrogen-bond acceptors (Lipinski definition) is 5. The molecule has 0 spiro atoms. The topological polar surface area (TPSA) is 105 Å². The number of fused-ring (bicyclic) bond motifs is 2. The first-order valence-corrected chi connectivity index (χ1v) is 11.8. The van der Waals surface area contributed by atoms with Crippen molar-refractivity contribution < 1.29 is 5.11 Å². The van der Waals surface area contributed by atoms with E-state index in [0.717, 1.165) is 55.9 Å². The molecule has 1 atom stereocenters. The molecule has 32 heavy (non-hydrogen) atoms. The number of nitrogens with one attached hydrogen (secondary N) is 4. The van der Waals surface area contributed by atoms with Crippen LogP contribution in [0.1, 0.15) is 43.9 Å². The molecule has 0 aliphatic carbocycles.